The fourth-order valence-electron chi connectivity index (χ4n) is 1.11. The molecule has 1 atom stereocenters. The van der Waals surface area contributed by atoms with E-state index in [0.29, 0.717) is 12.1 Å². The summed E-state index contributed by atoms with van der Waals surface area (Å²) in [6, 6.07) is 1.08. The molecule has 1 amide bonds. The van der Waals surface area contributed by atoms with Crippen LogP contribution in [0.15, 0.2) is 25.0 Å². The molecule has 1 aromatic rings. The molecule has 1 aromatic heterocycles. The Balaban J connectivity index is 2.87. The zero-order valence-corrected chi connectivity index (χ0v) is 8.61. The van der Waals surface area contributed by atoms with E-state index in [4.69, 9.17) is 16.7 Å². The zero-order chi connectivity index (χ0) is 11.3. The van der Waals surface area contributed by atoms with Crippen LogP contribution in [0, 0.1) is 0 Å². The maximum absolute atomic E-state index is 10.5. The SMILES string of the molecule is C=CCC(NC(=O)O)c1cc(Cl)ncn1. The molecule has 80 valence electrons. The minimum atomic E-state index is -1.11. The molecule has 0 aliphatic carbocycles. The summed E-state index contributed by atoms with van der Waals surface area (Å²) in [7, 11) is 0. The lowest BCUT2D eigenvalue weighted by Gasteiger charge is -2.13. The van der Waals surface area contributed by atoms with E-state index in [-0.39, 0.29) is 5.15 Å². The van der Waals surface area contributed by atoms with Crippen LogP contribution in [0.5, 0.6) is 0 Å². The molecule has 5 nitrogen and oxygen atoms in total. The van der Waals surface area contributed by atoms with Crippen molar-refractivity contribution in [1.82, 2.24) is 15.3 Å². The van der Waals surface area contributed by atoms with Crippen LogP contribution in [0.2, 0.25) is 5.15 Å². The smallest absolute Gasteiger partial charge is 0.405 e. The van der Waals surface area contributed by atoms with Crippen LogP contribution in [0.25, 0.3) is 0 Å². The van der Waals surface area contributed by atoms with Gasteiger partial charge >= 0.3 is 6.09 Å². The summed E-state index contributed by atoms with van der Waals surface area (Å²) in [5, 5.41) is 11.2. The first-order valence-electron chi connectivity index (χ1n) is 4.21. The molecule has 2 N–H and O–H groups in total. The summed E-state index contributed by atoms with van der Waals surface area (Å²) < 4.78 is 0. The maximum Gasteiger partial charge on any atom is 0.405 e. The number of halogens is 1. The molecule has 0 saturated heterocycles. The molecule has 1 heterocycles. The van der Waals surface area contributed by atoms with E-state index in [0.717, 1.165) is 0 Å². The average Bonchev–Trinajstić information content (AvgIpc) is 2.16. The second-order valence-corrected chi connectivity index (χ2v) is 3.18. The van der Waals surface area contributed by atoms with Crippen LogP contribution in [0.1, 0.15) is 18.2 Å². The van der Waals surface area contributed by atoms with Crippen molar-refractivity contribution in [3.8, 4) is 0 Å². The van der Waals surface area contributed by atoms with Gasteiger partial charge in [-0.25, -0.2) is 14.8 Å². The second kappa shape index (κ2) is 5.31. The van der Waals surface area contributed by atoms with Crippen molar-refractivity contribution in [1.29, 1.82) is 0 Å². The molecule has 6 heteroatoms. The molecule has 0 fully saturated rings. The second-order valence-electron chi connectivity index (χ2n) is 2.79. The zero-order valence-electron chi connectivity index (χ0n) is 7.85. The first-order chi connectivity index (χ1) is 7.13. The maximum atomic E-state index is 10.5. The Hall–Kier alpha value is -1.62. The third kappa shape index (κ3) is 3.55. The lowest BCUT2D eigenvalue weighted by Crippen LogP contribution is -2.27. The van der Waals surface area contributed by atoms with Crippen molar-refractivity contribution in [2.75, 3.05) is 0 Å². The van der Waals surface area contributed by atoms with Crippen LogP contribution in [-0.4, -0.2) is 21.2 Å². The number of carboxylic acid groups (broad SMARTS) is 1. The van der Waals surface area contributed by atoms with Crippen LogP contribution in [-0.2, 0) is 0 Å². The number of nitrogens with zero attached hydrogens (tertiary/aromatic N) is 2. The third-order valence-corrected chi connectivity index (χ3v) is 1.92. The third-order valence-electron chi connectivity index (χ3n) is 1.71. The largest absolute Gasteiger partial charge is 0.465 e. The highest BCUT2D eigenvalue weighted by molar-refractivity contribution is 6.29. The number of rotatable bonds is 4. The highest BCUT2D eigenvalue weighted by Crippen LogP contribution is 2.16. The highest BCUT2D eigenvalue weighted by Gasteiger charge is 2.14. The molecule has 0 bridgehead atoms. The normalized spacial score (nSPS) is 11.8. The molecule has 0 saturated carbocycles. The summed E-state index contributed by atoms with van der Waals surface area (Å²) in [5.74, 6) is 0. The van der Waals surface area contributed by atoms with Gasteiger partial charge in [0.2, 0.25) is 0 Å². The van der Waals surface area contributed by atoms with Crippen molar-refractivity contribution >= 4 is 17.7 Å². The first-order valence-corrected chi connectivity index (χ1v) is 4.59. The fourth-order valence-corrected chi connectivity index (χ4v) is 1.26. The van der Waals surface area contributed by atoms with Gasteiger partial charge in [0, 0.05) is 0 Å². The van der Waals surface area contributed by atoms with Gasteiger partial charge in [0.25, 0.3) is 0 Å². The summed E-state index contributed by atoms with van der Waals surface area (Å²) in [4.78, 5) is 18.2. The lowest BCUT2D eigenvalue weighted by molar-refractivity contribution is 0.189. The molecule has 1 rings (SSSR count). The van der Waals surface area contributed by atoms with Crippen molar-refractivity contribution < 1.29 is 9.90 Å². The summed E-state index contributed by atoms with van der Waals surface area (Å²) in [5.41, 5.74) is 0.525. The monoisotopic (exact) mass is 227 g/mol. The Morgan fingerprint density at radius 2 is 2.47 bits per heavy atom. The number of hydrogen-bond donors (Lipinski definition) is 2. The molecular formula is C9H10ClN3O2. The van der Waals surface area contributed by atoms with E-state index in [1.54, 1.807) is 6.08 Å². The fraction of sp³-hybridized carbons (Fsp3) is 0.222. The lowest BCUT2D eigenvalue weighted by atomic mass is 10.1. The number of hydrogen-bond acceptors (Lipinski definition) is 3. The van der Waals surface area contributed by atoms with Gasteiger partial charge in [0.1, 0.15) is 11.5 Å². The number of aromatic nitrogens is 2. The van der Waals surface area contributed by atoms with Gasteiger partial charge in [-0.05, 0) is 12.5 Å². The minimum Gasteiger partial charge on any atom is -0.465 e. The highest BCUT2D eigenvalue weighted by atomic mass is 35.5. The molecule has 1 unspecified atom stereocenters. The van der Waals surface area contributed by atoms with Crippen LogP contribution in [0.3, 0.4) is 0 Å². The summed E-state index contributed by atoms with van der Waals surface area (Å²) >= 11 is 5.67. The summed E-state index contributed by atoms with van der Waals surface area (Å²) in [6.07, 6.45) is 2.23. The Labute approximate surface area is 91.8 Å². The molecule has 0 aliphatic heterocycles. The van der Waals surface area contributed by atoms with E-state index in [2.05, 4.69) is 21.9 Å². The Morgan fingerprint density at radius 1 is 1.73 bits per heavy atom. The summed E-state index contributed by atoms with van der Waals surface area (Å²) in [6.45, 7) is 3.55. The standard InChI is InChI=1S/C9H10ClN3O2/c1-2-3-6(13-9(14)15)7-4-8(10)12-5-11-7/h2,4-6,13H,1,3H2,(H,14,15). The van der Waals surface area contributed by atoms with Crippen molar-refractivity contribution in [3.63, 3.8) is 0 Å². The van der Waals surface area contributed by atoms with Gasteiger partial charge in [0.05, 0.1) is 11.7 Å². The van der Waals surface area contributed by atoms with Crippen LogP contribution >= 0.6 is 11.6 Å². The Kier molecular flexibility index (Phi) is 4.05. The van der Waals surface area contributed by atoms with Gasteiger partial charge in [0.15, 0.2) is 0 Å². The van der Waals surface area contributed by atoms with Gasteiger partial charge < -0.3 is 10.4 Å². The topological polar surface area (TPSA) is 75.1 Å². The van der Waals surface area contributed by atoms with Gasteiger partial charge in [-0.2, -0.15) is 0 Å². The quantitative estimate of drug-likeness (QED) is 0.610. The van der Waals surface area contributed by atoms with Crippen molar-refractivity contribution in [3.05, 3.63) is 35.9 Å². The van der Waals surface area contributed by atoms with E-state index >= 15 is 0 Å². The number of amides is 1. The molecule has 0 spiro atoms. The van der Waals surface area contributed by atoms with Crippen LogP contribution < -0.4 is 5.32 Å². The van der Waals surface area contributed by atoms with Gasteiger partial charge in [-0.3, -0.25) is 0 Å². The minimum absolute atomic E-state index is 0.279. The van der Waals surface area contributed by atoms with E-state index < -0.39 is 12.1 Å². The number of nitrogens with one attached hydrogen (secondary N) is 1. The van der Waals surface area contributed by atoms with Crippen molar-refractivity contribution in [2.24, 2.45) is 0 Å². The van der Waals surface area contributed by atoms with E-state index in [9.17, 15) is 4.79 Å². The van der Waals surface area contributed by atoms with E-state index in [1.807, 2.05) is 0 Å². The van der Waals surface area contributed by atoms with Crippen LogP contribution in [0.4, 0.5) is 4.79 Å². The predicted octanol–water partition coefficient (Wildman–Crippen LogP) is 2.01. The first kappa shape index (κ1) is 11.5. The number of carbonyl (C=O) groups is 1. The molecule has 0 aromatic carbocycles. The molecule has 0 radical (unpaired) electrons. The molecular weight excluding hydrogens is 218 g/mol. The van der Waals surface area contributed by atoms with Crippen molar-refractivity contribution in [2.45, 2.75) is 12.5 Å². The van der Waals surface area contributed by atoms with Gasteiger partial charge in [-0.1, -0.05) is 17.7 Å². The molecule has 15 heavy (non-hydrogen) atoms. The Morgan fingerprint density at radius 3 is 3.00 bits per heavy atom. The average molecular weight is 228 g/mol. The molecule has 0 aliphatic rings. The van der Waals surface area contributed by atoms with Gasteiger partial charge in [-0.15, -0.1) is 6.58 Å². The van der Waals surface area contributed by atoms with E-state index in [1.165, 1.54) is 12.4 Å². The predicted molar refractivity (Wildman–Crippen MR) is 55.8 cm³/mol. The Bertz CT molecular complexity index is 370.